The minimum atomic E-state index is -0.522. The molecule has 1 atom stereocenters. The molecule has 0 radical (unpaired) electrons. The average Bonchev–Trinajstić information content (AvgIpc) is 2.41. The molecule has 8 heteroatoms. The molecule has 0 aliphatic rings. The van der Waals surface area contributed by atoms with Gasteiger partial charge in [0.2, 0.25) is 0 Å². The molecule has 0 bridgehead atoms. The molecule has 0 aliphatic heterocycles. The van der Waals surface area contributed by atoms with E-state index in [2.05, 4.69) is 17.6 Å². The Balaban J connectivity index is 4.62. The van der Waals surface area contributed by atoms with Crippen molar-refractivity contribution in [3.8, 4) is 0 Å². The molecule has 8 N–H and O–H groups in total. The zero-order valence-electron chi connectivity index (χ0n) is 11.0. The minimum absolute atomic E-state index is 0.292. The Morgan fingerprint density at radius 1 is 1.11 bits per heavy atom. The van der Waals surface area contributed by atoms with Gasteiger partial charge in [-0.15, -0.1) is 0 Å². The van der Waals surface area contributed by atoms with E-state index in [1.54, 1.807) is 0 Å². The van der Waals surface area contributed by atoms with Crippen molar-refractivity contribution in [3.05, 3.63) is 0 Å². The largest absolute Gasteiger partial charge is 0.335 e. The molecule has 0 aromatic carbocycles. The Labute approximate surface area is 107 Å². The first-order valence-electron chi connectivity index (χ1n) is 6.06. The maximum atomic E-state index is 11.4. The first kappa shape index (κ1) is 16.5. The van der Waals surface area contributed by atoms with Crippen LogP contribution in [0.4, 0.5) is 9.59 Å². The topological polar surface area (TPSA) is 134 Å². The lowest BCUT2D eigenvalue weighted by Gasteiger charge is -2.34. The smallest absolute Gasteiger partial charge is 0.329 e. The third-order valence-corrected chi connectivity index (χ3v) is 2.91. The summed E-state index contributed by atoms with van der Waals surface area (Å²) < 4.78 is 0. The van der Waals surface area contributed by atoms with Crippen molar-refractivity contribution in [1.82, 2.24) is 21.5 Å². The second-order valence-corrected chi connectivity index (χ2v) is 4.16. The predicted molar refractivity (Wildman–Crippen MR) is 69.1 cm³/mol. The van der Waals surface area contributed by atoms with E-state index < -0.39 is 17.6 Å². The van der Waals surface area contributed by atoms with Crippen molar-refractivity contribution in [2.75, 3.05) is 6.54 Å². The van der Waals surface area contributed by atoms with Gasteiger partial charge < -0.3 is 10.6 Å². The fourth-order valence-electron chi connectivity index (χ4n) is 1.68. The highest BCUT2D eigenvalue weighted by molar-refractivity contribution is 5.75. The summed E-state index contributed by atoms with van der Waals surface area (Å²) in [5.74, 6) is 10.1. The first-order chi connectivity index (χ1) is 8.53. The van der Waals surface area contributed by atoms with E-state index in [9.17, 15) is 9.59 Å². The van der Waals surface area contributed by atoms with Crippen molar-refractivity contribution in [2.24, 2.45) is 11.7 Å². The van der Waals surface area contributed by atoms with Gasteiger partial charge >= 0.3 is 12.1 Å². The van der Waals surface area contributed by atoms with Crippen LogP contribution in [-0.2, 0) is 0 Å². The third-order valence-electron chi connectivity index (χ3n) is 2.91. The second-order valence-electron chi connectivity index (χ2n) is 4.16. The number of hydrogen-bond acceptors (Lipinski definition) is 4. The van der Waals surface area contributed by atoms with Crippen molar-refractivity contribution in [3.63, 3.8) is 0 Å². The van der Waals surface area contributed by atoms with E-state index in [0.29, 0.717) is 13.0 Å². The zero-order chi connectivity index (χ0) is 14.0. The molecule has 1 unspecified atom stereocenters. The average molecular weight is 260 g/mol. The molecule has 0 saturated carbocycles. The van der Waals surface area contributed by atoms with Gasteiger partial charge in [-0.25, -0.2) is 21.3 Å². The summed E-state index contributed by atoms with van der Waals surface area (Å²) >= 11 is 0. The number of hydrazine groups is 2. The molecule has 8 nitrogen and oxygen atoms in total. The van der Waals surface area contributed by atoms with E-state index in [0.717, 1.165) is 19.3 Å². The predicted octanol–water partition coefficient (Wildman–Crippen LogP) is -0.329. The Morgan fingerprint density at radius 3 is 2.17 bits per heavy atom. The quantitative estimate of drug-likeness (QED) is 0.212. The van der Waals surface area contributed by atoms with Gasteiger partial charge in [0.15, 0.2) is 0 Å². The number of rotatable bonds is 7. The van der Waals surface area contributed by atoms with Crippen LogP contribution in [0.5, 0.6) is 0 Å². The van der Waals surface area contributed by atoms with Gasteiger partial charge in [0.05, 0.1) is 5.54 Å². The Kier molecular flexibility index (Phi) is 7.81. The van der Waals surface area contributed by atoms with Crippen LogP contribution in [0, 0.1) is 0 Å². The Morgan fingerprint density at radius 2 is 1.72 bits per heavy atom. The summed E-state index contributed by atoms with van der Waals surface area (Å²) in [6.45, 7) is 4.29. The monoisotopic (exact) mass is 260 g/mol. The molecule has 0 aliphatic carbocycles. The molecule has 0 spiro atoms. The summed E-state index contributed by atoms with van der Waals surface area (Å²) in [6.07, 6.45) is 3.35. The maximum Gasteiger partial charge on any atom is 0.329 e. The van der Waals surface area contributed by atoms with Crippen molar-refractivity contribution in [1.29, 1.82) is 0 Å². The van der Waals surface area contributed by atoms with E-state index >= 15 is 0 Å². The van der Waals surface area contributed by atoms with E-state index in [1.807, 2.05) is 17.8 Å². The summed E-state index contributed by atoms with van der Waals surface area (Å²) in [4.78, 5) is 22.5. The van der Waals surface area contributed by atoms with Crippen LogP contribution in [0.15, 0.2) is 0 Å². The van der Waals surface area contributed by atoms with Gasteiger partial charge in [0.25, 0.3) is 0 Å². The van der Waals surface area contributed by atoms with Crippen LogP contribution in [-0.4, -0.2) is 24.1 Å². The molecule has 0 saturated heterocycles. The van der Waals surface area contributed by atoms with Crippen LogP contribution >= 0.6 is 0 Å². The Hall–Kier alpha value is -1.54. The van der Waals surface area contributed by atoms with Gasteiger partial charge in [-0.05, 0) is 12.8 Å². The number of nitrogens with two attached hydrogens (primary N) is 2. The molecular formula is C10H24N6O2. The lowest BCUT2D eigenvalue weighted by molar-refractivity contribution is 0.210. The van der Waals surface area contributed by atoms with E-state index in [1.165, 1.54) is 0 Å². The van der Waals surface area contributed by atoms with Crippen molar-refractivity contribution < 1.29 is 9.59 Å². The summed E-state index contributed by atoms with van der Waals surface area (Å²) in [7, 11) is 0. The lowest BCUT2D eigenvalue weighted by Crippen LogP contribution is -2.59. The van der Waals surface area contributed by atoms with Crippen LogP contribution in [0.1, 0.15) is 39.5 Å². The number of nitrogens with one attached hydrogen (secondary N) is 4. The molecule has 0 rings (SSSR count). The first-order valence-corrected chi connectivity index (χ1v) is 6.06. The highest BCUT2D eigenvalue weighted by Crippen LogP contribution is 2.18. The summed E-state index contributed by atoms with van der Waals surface area (Å²) in [5.41, 5.74) is 3.49. The molecular weight excluding hydrogens is 236 g/mol. The summed E-state index contributed by atoms with van der Waals surface area (Å²) in [6, 6.07) is -0.956. The molecule has 18 heavy (non-hydrogen) atoms. The standard InChI is InChI=1S/C10H24N6O2/c1-3-5-6-10(4-2,14-9(18)16-12)7-13-8(17)15-11/h3-7,11-12H2,1-2H3,(H2,13,15,17)(H2,14,16,18). The number of unbranched alkanes of at least 4 members (excludes halogenated alkanes) is 1. The highest BCUT2D eigenvalue weighted by atomic mass is 16.2. The van der Waals surface area contributed by atoms with Crippen molar-refractivity contribution in [2.45, 2.75) is 45.1 Å². The zero-order valence-corrected chi connectivity index (χ0v) is 11.0. The molecule has 0 aromatic rings. The summed E-state index contributed by atoms with van der Waals surface area (Å²) in [5, 5.41) is 5.39. The second kappa shape index (κ2) is 8.54. The SMILES string of the molecule is CCCCC(CC)(CNC(=O)NN)NC(=O)NN. The molecule has 0 heterocycles. The van der Waals surface area contributed by atoms with E-state index in [4.69, 9.17) is 11.7 Å². The fraction of sp³-hybridized carbons (Fsp3) is 0.800. The van der Waals surface area contributed by atoms with Crippen molar-refractivity contribution >= 4 is 12.1 Å². The molecule has 0 aromatic heterocycles. The number of carbonyl (C=O) groups is 2. The molecule has 0 fully saturated rings. The number of amides is 4. The van der Waals surface area contributed by atoms with Gasteiger partial charge in [-0.1, -0.05) is 26.7 Å². The van der Waals surface area contributed by atoms with Gasteiger partial charge in [-0.2, -0.15) is 0 Å². The molecule has 4 amide bonds. The van der Waals surface area contributed by atoms with Crippen LogP contribution in [0.2, 0.25) is 0 Å². The van der Waals surface area contributed by atoms with Gasteiger partial charge in [-0.3, -0.25) is 10.9 Å². The highest BCUT2D eigenvalue weighted by Gasteiger charge is 2.29. The van der Waals surface area contributed by atoms with E-state index in [-0.39, 0.29) is 0 Å². The van der Waals surface area contributed by atoms with Crippen LogP contribution in [0.25, 0.3) is 0 Å². The van der Waals surface area contributed by atoms with Gasteiger partial charge in [0, 0.05) is 6.54 Å². The number of carbonyl (C=O) groups excluding carboxylic acids is 2. The maximum absolute atomic E-state index is 11.4. The van der Waals surface area contributed by atoms with Crippen LogP contribution < -0.4 is 33.2 Å². The Bertz CT molecular complexity index is 273. The fourth-order valence-corrected chi connectivity index (χ4v) is 1.68. The minimum Gasteiger partial charge on any atom is -0.335 e. The third kappa shape index (κ3) is 5.69. The number of hydrogen-bond donors (Lipinski definition) is 6. The lowest BCUT2D eigenvalue weighted by atomic mass is 9.89. The molecule has 106 valence electrons. The van der Waals surface area contributed by atoms with Gasteiger partial charge in [0.1, 0.15) is 0 Å². The number of urea groups is 2. The normalized spacial score (nSPS) is 13.3. The van der Waals surface area contributed by atoms with Crippen LogP contribution in [0.3, 0.4) is 0 Å².